The van der Waals surface area contributed by atoms with E-state index in [0.29, 0.717) is 5.88 Å². The van der Waals surface area contributed by atoms with E-state index in [4.69, 9.17) is 4.74 Å². The van der Waals surface area contributed by atoms with Crippen molar-refractivity contribution in [3.05, 3.63) is 24.3 Å². The Labute approximate surface area is 137 Å². The van der Waals surface area contributed by atoms with Crippen LogP contribution in [-0.4, -0.2) is 46.1 Å². The van der Waals surface area contributed by atoms with Crippen molar-refractivity contribution in [2.24, 2.45) is 5.92 Å². The van der Waals surface area contributed by atoms with Gasteiger partial charge < -0.3 is 20.3 Å². The molecule has 4 aliphatic rings. The van der Waals surface area contributed by atoms with Gasteiger partial charge in [0.25, 0.3) is 0 Å². The molecule has 6 heteroatoms. The van der Waals surface area contributed by atoms with Crippen LogP contribution in [0.15, 0.2) is 24.3 Å². The molecule has 0 unspecified atom stereocenters. The molecule has 0 radical (unpaired) electrons. The highest BCUT2D eigenvalue weighted by Crippen LogP contribution is 2.41. The highest BCUT2D eigenvalue weighted by molar-refractivity contribution is 5.44. The highest BCUT2D eigenvalue weighted by Gasteiger charge is 2.48. The Bertz CT molecular complexity index is 609. The number of nitrogens with zero attached hydrogens (tertiary/aromatic N) is 3. The Morgan fingerprint density at radius 2 is 2.17 bits per heavy atom. The zero-order valence-corrected chi connectivity index (χ0v) is 13.9. The molecule has 4 aliphatic heterocycles. The minimum Gasteiger partial charge on any atom is -0.475 e. The number of ether oxygens (including phenoxy) is 1. The van der Waals surface area contributed by atoms with Gasteiger partial charge in [0.05, 0.1) is 11.6 Å². The maximum Gasteiger partial charge on any atom is 0.218 e. The molecule has 5 rings (SSSR count). The average Bonchev–Trinajstić information content (AvgIpc) is 2.90. The molecule has 1 spiro atoms. The summed E-state index contributed by atoms with van der Waals surface area (Å²) in [7, 11) is 0. The number of hydrogen-bond acceptors (Lipinski definition) is 6. The number of anilines is 1. The van der Waals surface area contributed by atoms with Crippen molar-refractivity contribution in [3.63, 3.8) is 0 Å². The van der Waals surface area contributed by atoms with Crippen molar-refractivity contribution in [2.75, 3.05) is 25.0 Å². The molecule has 3 saturated heterocycles. The monoisotopic (exact) mass is 315 g/mol. The molecule has 124 valence electrons. The smallest absolute Gasteiger partial charge is 0.218 e. The molecule has 2 bridgehead atoms. The number of fused-ring (bicyclic) bond motifs is 2. The van der Waals surface area contributed by atoms with Gasteiger partial charge in [-0.3, -0.25) is 0 Å². The Kier molecular flexibility index (Phi) is 3.64. The Balaban J connectivity index is 1.43. The first-order chi connectivity index (χ1) is 11.1. The minimum atomic E-state index is 0.108. The van der Waals surface area contributed by atoms with Crippen molar-refractivity contribution in [1.29, 1.82) is 0 Å². The van der Waals surface area contributed by atoms with Crippen molar-refractivity contribution in [3.8, 4) is 5.88 Å². The van der Waals surface area contributed by atoms with Crippen molar-refractivity contribution < 1.29 is 4.74 Å². The van der Waals surface area contributed by atoms with Crippen LogP contribution < -0.4 is 15.4 Å². The van der Waals surface area contributed by atoms with Crippen LogP contribution in [0.3, 0.4) is 0 Å². The topological polar surface area (TPSA) is 62.3 Å². The molecular weight excluding hydrogens is 290 g/mol. The van der Waals surface area contributed by atoms with E-state index >= 15 is 0 Å². The third-order valence-electron chi connectivity index (χ3n) is 5.19. The van der Waals surface area contributed by atoms with Crippen LogP contribution >= 0.6 is 0 Å². The summed E-state index contributed by atoms with van der Waals surface area (Å²) < 4.78 is 5.63. The minimum absolute atomic E-state index is 0.108. The molecule has 1 aromatic rings. The van der Waals surface area contributed by atoms with Gasteiger partial charge in [-0.25, -0.2) is 9.97 Å². The average molecular weight is 315 g/mol. The van der Waals surface area contributed by atoms with E-state index in [2.05, 4.69) is 31.6 Å². The van der Waals surface area contributed by atoms with E-state index in [-0.39, 0.29) is 11.6 Å². The van der Waals surface area contributed by atoms with Gasteiger partial charge in [0.15, 0.2) is 0 Å². The second kappa shape index (κ2) is 5.67. The van der Waals surface area contributed by atoms with E-state index < -0.39 is 0 Å². The number of piperidine rings is 3. The summed E-state index contributed by atoms with van der Waals surface area (Å²) in [6, 6.07) is 1.85. The van der Waals surface area contributed by atoms with E-state index in [9.17, 15) is 0 Å². The molecule has 6 nitrogen and oxygen atoms in total. The lowest BCUT2D eigenvalue weighted by Crippen LogP contribution is -2.64. The molecule has 0 aliphatic carbocycles. The Hall–Kier alpha value is -1.82. The van der Waals surface area contributed by atoms with Gasteiger partial charge in [-0.1, -0.05) is 0 Å². The van der Waals surface area contributed by atoms with E-state index in [1.54, 1.807) is 6.33 Å². The van der Waals surface area contributed by atoms with Crippen LogP contribution in [0.5, 0.6) is 5.88 Å². The van der Waals surface area contributed by atoms with Gasteiger partial charge >= 0.3 is 0 Å². The largest absolute Gasteiger partial charge is 0.475 e. The van der Waals surface area contributed by atoms with Gasteiger partial charge in [0.2, 0.25) is 5.88 Å². The lowest BCUT2D eigenvalue weighted by atomic mass is 9.72. The van der Waals surface area contributed by atoms with Gasteiger partial charge in [0.1, 0.15) is 18.0 Å². The normalized spacial score (nSPS) is 32.0. The fourth-order valence-corrected chi connectivity index (χ4v) is 4.13. The first-order valence-corrected chi connectivity index (χ1v) is 8.59. The molecule has 3 fully saturated rings. The molecule has 1 atom stereocenters. The molecule has 0 aromatic carbocycles. The van der Waals surface area contributed by atoms with Crippen LogP contribution in [0.1, 0.15) is 33.1 Å². The summed E-state index contributed by atoms with van der Waals surface area (Å²) >= 11 is 0. The lowest BCUT2D eigenvalue weighted by molar-refractivity contribution is 0.0189. The Morgan fingerprint density at radius 3 is 2.87 bits per heavy atom. The summed E-state index contributed by atoms with van der Waals surface area (Å²) in [4.78, 5) is 11.0. The highest BCUT2D eigenvalue weighted by atomic mass is 16.5. The first-order valence-electron chi connectivity index (χ1n) is 8.59. The molecule has 0 saturated carbocycles. The maximum atomic E-state index is 5.63. The maximum absolute atomic E-state index is 5.63. The molecular formula is C17H25N5O. The first kappa shape index (κ1) is 14.8. The number of hydrogen-bond donors (Lipinski definition) is 2. The van der Waals surface area contributed by atoms with Gasteiger partial charge in [-0.05, 0) is 58.2 Å². The second-order valence-electron chi connectivity index (χ2n) is 7.19. The molecule has 5 heterocycles. The van der Waals surface area contributed by atoms with E-state index in [1.165, 1.54) is 25.9 Å². The quantitative estimate of drug-likeness (QED) is 0.886. The molecule has 2 N–H and O–H groups in total. The number of aromatic nitrogens is 2. The molecule has 1 aromatic heterocycles. The van der Waals surface area contributed by atoms with E-state index in [1.807, 2.05) is 19.9 Å². The zero-order valence-electron chi connectivity index (χ0n) is 13.9. The fourth-order valence-electron chi connectivity index (χ4n) is 4.13. The van der Waals surface area contributed by atoms with E-state index in [0.717, 1.165) is 30.5 Å². The van der Waals surface area contributed by atoms with Gasteiger partial charge in [-0.2, -0.15) is 0 Å². The molecule has 23 heavy (non-hydrogen) atoms. The lowest BCUT2D eigenvalue weighted by Gasteiger charge is -2.52. The van der Waals surface area contributed by atoms with Crippen LogP contribution in [0, 0.1) is 5.92 Å². The third kappa shape index (κ3) is 2.87. The second-order valence-corrected chi connectivity index (χ2v) is 7.19. The number of rotatable bonds is 4. The zero-order chi connectivity index (χ0) is 15.9. The van der Waals surface area contributed by atoms with Crippen LogP contribution in [0.4, 0.5) is 5.82 Å². The van der Waals surface area contributed by atoms with Crippen LogP contribution in [0.2, 0.25) is 0 Å². The van der Waals surface area contributed by atoms with Crippen molar-refractivity contribution >= 4 is 5.82 Å². The van der Waals surface area contributed by atoms with Crippen LogP contribution in [-0.2, 0) is 0 Å². The van der Waals surface area contributed by atoms with Crippen molar-refractivity contribution in [2.45, 2.75) is 44.8 Å². The summed E-state index contributed by atoms with van der Waals surface area (Å²) in [6.07, 6.45) is 7.64. The predicted molar refractivity (Wildman–Crippen MR) is 89.1 cm³/mol. The fraction of sp³-hybridized carbons (Fsp3) is 0.647. The SMILES string of the molecule is CC(C)Oc1cc(NC2=CC[C@@]3(CN4CCC3CC4)N2)ncn1. The standard InChI is InChI=1S/C17H25N5O/c1-12(2)23-16-9-15(18-11-19-16)20-14-3-6-17(21-14)10-22-7-4-13(17)5-8-22/h3,9,11-13,21H,4-8,10H2,1-2H3,(H,18,19,20)/t17-/m0/s1. The predicted octanol–water partition coefficient (Wildman–Crippen LogP) is 1.97. The summed E-state index contributed by atoms with van der Waals surface area (Å²) in [6.45, 7) is 7.67. The van der Waals surface area contributed by atoms with Gasteiger partial charge in [-0.15, -0.1) is 0 Å². The summed E-state index contributed by atoms with van der Waals surface area (Å²) in [5, 5.41) is 7.14. The van der Waals surface area contributed by atoms with Crippen molar-refractivity contribution in [1.82, 2.24) is 20.2 Å². The summed E-state index contributed by atoms with van der Waals surface area (Å²) in [5.41, 5.74) is 0.225. The van der Waals surface area contributed by atoms with Crippen LogP contribution in [0.25, 0.3) is 0 Å². The Morgan fingerprint density at radius 1 is 1.35 bits per heavy atom. The van der Waals surface area contributed by atoms with Gasteiger partial charge in [0, 0.05) is 12.6 Å². The third-order valence-corrected chi connectivity index (χ3v) is 5.19. The summed E-state index contributed by atoms with van der Waals surface area (Å²) in [5.74, 6) is 3.22. The molecule has 0 amide bonds. The number of nitrogens with one attached hydrogen (secondary N) is 2.